The van der Waals surface area contributed by atoms with Gasteiger partial charge >= 0.3 is 0 Å². The standard InChI is InChI=1S/C14H25N3/c1-4-11(2)8-12(3)17-10-15-9-14(17)13-6-5-7-16-13/h9-13,16H,4-8H2,1-3H3. The van der Waals surface area contributed by atoms with Crippen molar-refractivity contribution < 1.29 is 0 Å². The van der Waals surface area contributed by atoms with Crippen LogP contribution in [-0.4, -0.2) is 16.1 Å². The van der Waals surface area contributed by atoms with Gasteiger partial charge in [0.05, 0.1) is 12.0 Å². The van der Waals surface area contributed by atoms with Crippen LogP contribution >= 0.6 is 0 Å². The van der Waals surface area contributed by atoms with E-state index in [9.17, 15) is 0 Å². The topological polar surface area (TPSA) is 29.9 Å². The van der Waals surface area contributed by atoms with Gasteiger partial charge in [-0.3, -0.25) is 0 Å². The van der Waals surface area contributed by atoms with Gasteiger partial charge in [0.1, 0.15) is 0 Å². The number of hydrogen-bond donors (Lipinski definition) is 1. The van der Waals surface area contributed by atoms with Gasteiger partial charge in [0.25, 0.3) is 0 Å². The van der Waals surface area contributed by atoms with Gasteiger partial charge in [0, 0.05) is 18.3 Å². The van der Waals surface area contributed by atoms with Crippen molar-refractivity contribution in [3.8, 4) is 0 Å². The summed E-state index contributed by atoms with van der Waals surface area (Å²) in [5.41, 5.74) is 1.37. The highest BCUT2D eigenvalue weighted by molar-refractivity contribution is 5.08. The van der Waals surface area contributed by atoms with Crippen LogP contribution in [0.25, 0.3) is 0 Å². The van der Waals surface area contributed by atoms with E-state index < -0.39 is 0 Å². The van der Waals surface area contributed by atoms with Crippen molar-refractivity contribution in [3.05, 3.63) is 18.2 Å². The van der Waals surface area contributed by atoms with Crippen molar-refractivity contribution in [2.45, 2.75) is 58.5 Å². The van der Waals surface area contributed by atoms with Crippen LogP contribution in [-0.2, 0) is 0 Å². The van der Waals surface area contributed by atoms with Crippen LogP contribution in [0.4, 0.5) is 0 Å². The molecule has 0 spiro atoms. The van der Waals surface area contributed by atoms with E-state index in [2.05, 4.69) is 35.6 Å². The summed E-state index contributed by atoms with van der Waals surface area (Å²) in [6.45, 7) is 8.06. The van der Waals surface area contributed by atoms with Gasteiger partial charge in [0.2, 0.25) is 0 Å². The van der Waals surface area contributed by atoms with Crippen LogP contribution in [0.1, 0.15) is 64.2 Å². The van der Waals surface area contributed by atoms with Gasteiger partial charge in [-0.25, -0.2) is 4.98 Å². The molecule has 0 bridgehead atoms. The fraction of sp³-hybridized carbons (Fsp3) is 0.786. The Morgan fingerprint density at radius 2 is 2.35 bits per heavy atom. The molecule has 0 radical (unpaired) electrons. The molecule has 2 heterocycles. The summed E-state index contributed by atoms with van der Waals surface area (Å²) in [5, 5.41) is 3.56. The van der Waals surface area contributed by atoms with Gasteiger partial charge < -0.3 is 9.88 Å². The Bertz CT molecular complexity index is 339. The first-order valence-corrected chi connectivity index (χ1v) is 6.97. The van der Waals surface area contributed by atoms with Crippen LogP contribution in [0.3, 0.4) is 0 Å². The molecule has 1 aromatic rings. The molecule has 0 aliphatic carbocycles. The Morgan fingerprint density at radius 3 is 3.00 bits per heavy atom. The van der Waals surface area contributed by atoms with Gasteiger partial charge in [-0.2, -0.15) is 0 Å². The molecule has 2 rings (SSSR count). The average Bonchev–Trinajstić information content (AvgIpc) is 2.98. The monoisotopic (exact) mass is 235 g/mol. The average molecular weight is 235 g/mol. The minimum Gasteiger partial charge on any atom is -0.330 e. The number of imidazole rings is 1. The predicted octanol–water partition coefficient (Wildman–Crippen LogP) is 3.30. The maximum Gasteiger partial charge on any atom is 0.0951 e. The van der Waals surface area contributed by atoms with Crippen molar-refractivity contribution in [1.82, 2.24) is 14.9 Å². The Balaban J connectivity index is 2.07. The summed E-state index contributed by atoms with van der Waals surface area (Å²) in [4.78, 5) is 4.34. The molecule has 3 heteroatoms. The van der Waals surface area contributed by atoms with E-state index >= 15 is 0 Å². The summed E-state index contributed by atoms with van der Waals surface area (Å²) in [6.07, 6.45) is 9.08. The van der Waals surface area contributed by atoms with Gasteiger partial charge in [-0.1, -0.05) is 20.3 Å². The third kappa shape index (κ3) is 2.89. The van der Waals surface area contributed by atoms with Gasteiger partial charge in [0.15, 0.2) is 0 Å². The summed E-state index contributed by atoms with van der Waals surface area (Å²) in [7, 11) is 0. The molecular weight excluding hydrogens is 210 g/mol. The molecule has 0 aromatic carbocycles. The first-order valence-electron chi connectivity index (χ1n) is 6.97. The van der Waals surface area contributed by atoms with E-state index in [4.69, 9.17) is 0 Å². The molecule has 1 N–H and O–H groups in total. The Labute approximate surface area is 105 Å². The first-order chi connectivity index (χ1) is 8.22. The molecule has 3 unspecified atom stereocenters. The maximum absolute atomic E-state index is 4.34. The number of nitrogens with zero attached hydrogens (tertiary/aromatic N) is 2. The minimum absolute atomic E-state index is 0.525. The Hall–Kier alpha value is -0.830. The van der Waals surface area contributed by atoms with E-state index in [0.717, 1.165) is 12.5 Å². The molecule has 3 nitrogen and oxygen atoms in total. The highest BCUT2D eigenvalue weighted by Gasteiger charge is 2.21. The SMILES string of the molecule is CCC(C)CC(C)n1cncc1C1CCCN1. The zero-order valence-corrected chi connectivity index (χ0v) is 11.3. The van der Waals surface area contributed by atoms with E-state index in [0.29, 0.717) is 12.1 Å². The molecule has 1 aliphatic rings. The highest BCUT2D eigenvalue weighted by Crippen LogP contribution is 2.27. The number of rotatable bonds is 5. The van der Waals surface area contributed by atoms with Crippen LogP contribution in [0.5, 0.6) is 0 Å². The third-order valence-corrected chi connectivity index (χ3v) is 4.03. The summed E-state index contributed by atoms with van der Waals surface area (Å²) >= 11 is 0. The summed E-state index contributed by atoms with van der Waals surface area (Å²) in [5.74, 6) is 0.789. The smallest absolute Gasteiger partial charge is 0.0951 e. The van der Waals surface area contributed by atoms with Crippen LogP contribution in [0, 0.1) is 5.92 Å². The molecule has 0 saturated carbocycles. The summed E-state index contributed by atoms with van der Waals surface area (Å²) in [6, 6.07) is 1.08. The third-order valence-electron chi connectivity index (χ3n) is 4.03. The van der Waals surface area contributed by atoms with E-state index in [-0.39, 0.29) is 0 Å². The van der Waals surface area contributed by atoms with Crippen molar-refractivity contribution in [3.63, 3.8) is 0 Å². The van der Waals surface area contributed by atoms with Crippen LogP contribution < -0.4 is 5.32 Å². The number of hydrogen-bond acceptors (Lipinski definition) is 2. The Kier molecular flexibility index (Phi) is 4.21. The van der Waals surface area contributed by atoms with Crippen LogP contribution in [0.2, 0.25) is 0 Å². The maximum atomic E-state index is 4.34. The van der Waals surface area contributed by atoms with Crippen molar-refractivity contribution in [1.29, 1.82) is 0 Å². The summed E-state index contributed by atoms with van der Waals surface area (Å²) < 4.78 is 2.37. The molecule has 1 fully saturated rings. The van der Waals surface area contributed by atoms with Gasteiger partial charge in [-0.05, 0) is 38.6 Å². The second-order valence-corrected chi connectivity index (χ2v) is 5.47. The first kappa shape index (κ1) is 12.6. The molecule has 17 heavy (non-hydrogen) atoms. The largest absolute Gasteiger partial charge is 0.330 e. The second-order valence-electron chi connectivity index (χ2n) is 5.47. The second kappa shape index (κ2) is 5.67. The highest BCUT2D eigenvalue weighted by atomic mass is 15.1. The lowest BCUT2D eigenvalue weighted by Gasteiger charge is -2.22. The van der Waals surface area contributed by atoms with Crippen molar-refractivity contribution in [2.75, 3.05) is 6.54 Å². The molecule has 1 saturated heterocycles. The lowest BCUT2D eigenvalue weighted by atomic mass is 10.00. The molecule has 1 aromatic heterocycles. The molecule has 1 aliphatic heterocycles. The fourth-order valence-corrected chi connectivity index (χ4v) is 2.75. The zero-order chi connectivity index (χ0) is 12.3. The van der Waals surface area contributed by atoms with E-state index in [1.54, 1.807) is 0 Å². The van der Waals surface area contributed by atoms with E-state index in [1.807, 2.05) is 12.5 Å². The predicted molar refractivity (Wildman–Crippen MR) is 71.0 cm³/mol. The molecule has 3 atom stereocenters. The van der Waals surface area contributed by atoms with E-state index in [1.165, 1.54) is 31.4 Å². The number of aromatic nitrogens is 2. The quantitative estimate of drug-likeness (QED) is 0.848. The molecular formula is C14H25N3. The van der Waals surface area contributed by atoms with Crippen molar-refractivity contribution in [2.24, 2.45) is 5.92 Å². The Morgan fingerprint density at radius 1 is 1.53 bits per heavy atom. The lowest BCUT2D eigenvalue weighted by Crippen LogP contribution is -2.19. The van der Waals surface area contributed by atoms with Gasteiger partial charge in [-0.15, -0.1) is 0 Å². The normalized spacial score (nSPS) is 23.8. The molecule has 0 amide bonds. The minimum atomic E-state index is 0.525. The number of nitrogens with one attached hydrogen (secondary N) is 1. The lowest BCUT2D eigenvalue weighted by molar-refractivity contribution is 0.383. The zero-order valence-electron chi connectivity index (χ0n) is 11.3. The molecule has 96 valence electrons. The van der Waals surface area contributed by atoms with Crippen molar-refractivity contribution >= 4 is 0 Å². The fourth-order valence-electron chi connectivity index (χ4n) is 2.75. The van der Waals surface area contributed by atoms with Crippen LogP contribution in [0.15, 0.2) is 12.5 Å².